The minimum Gasteiger partial charge on any atom is -0.481 e. The molecular formula is C50H72O14. The molecule has 0 saturated carbocycles. The van der Waals surface area contributed by atoms with Crippen LogP contribution in [0.2, 0.25) is 0 Å². The van der Waals surface area contributed by atoms with Gasteiger partial charge in [0.05, 0.1) is 5.92 Å². The summed E-state index contributed by atoms with van der Waals surface area (Å²) in [7, 11) is 0. The van der Waals surface area contributed by atoms with Crippen molar-refractivity contribution in [3.05, 3.63) is 72.9 Å². The lowest BCUT2D eigenvalue weighted by Gasteiger charge is -2.35. The van der Waals surface area contributed by atoms with Gasteiger partial charge in [0.25, 0.3) is 0 Å². The van der Waals surface area contributed by atoms with Crippen molar-refractivity contribution in [3.63, 3.8) is 0 Å². The fourth-order valence-electron chi connectivity index (χ4n) is 8.07. The molecule has 0 radical (unpaired) electrons. The molecule has 1 aliphatic heterocycles. The number of carbonyl (C=O) groups excluding carboxylic acids is 7. The molecule has 0 amide bonds. The molecule has 0 aliphatic carbocycles. The second-order valence-electron chi connectivity index (χ2n) is 16.9. The molecule has 356 valence electrons. The Morgan fingerprint density at radius 1 is 0.625 bits per heavy atom. The average molecular weight is 897 g/mol. The molecule has 1 aliphatic rings. The van der Waals surface area contributed by atoms with Crippen LogP contribution in [0.4, 0.5) is 0 Å². The van der Waals surface area contributed by atoms with Crippen molar-refractivity contribution >= 4 is 47.4 Å². The highest BCUT2D eigenvalue weighted by Gasteiger charge is 2.40. The minimum atomic E-state index is -1.13. The SMILES string of the molecule is CC[C@@H](/C=C/C(=O)C(C)C(CC(=O)O)C(C)C1OC(=O)/C=C/C=C/C(C)C(C(C)C(OC(C)=O)C(C)C(=O)/C=C/[C@H](CC)C(C)OC(C)=O)OC(=O)/C=C/C=C/C1C)C(C)OC(C)=O. The predicted molar refractivity (Wildman–Crippen MR) is 241 cm³/mol. The van der Waals surface area contributed by atoms with Crippen molar-refractivity contribution in [2.75, 3.05) is 0 Å². The van der Waals surface area contributed by atoms with Crippen LogP contribution in [0.25, 0.3) is 0 Å². The predicted octanol–water partition coefficient (Wildman–Crippen LogP) is 8.09. The topological polar surface area (TPSA) is 203 Å². The first-order valence-electron chi connectivity index (χ1n) is 22.2. The summed E-state index contributed by atoms with van der Waals surface area (Å²) >= 11 is 0. The molecule has 64 heavy (non-hydrogen) atoms. The van der Waals surface area contributed by atoms with Gasteiger partial charge in [0.15, 0.2) is 11.6 Å². The summed E-state index contributed by atoms with van der Waals surface area (Å²) in [6.45, 7) is 21.4. The largest absolute Gasteiger partial charge is 0.481 e. The third-order valence-corrected chi connectivity index (χ3v) is 11.9. The monoisotopic (exact) mass is 896 g/mol. The maximum atomic E-state index is 13.5. The fourth-order valence-corrected chi connectivity index (χ4v) is 8.07. The smallest absolute Gasteiger partial charge is 0.331 e. The molecule has 0 aromatic heterocycles. The zero-order valence-electron chi connectivity index (χ0n) is 39.9. The number of allylic oxidation sites excluding steroid dienone is 6. The Labute approximate surface area is 379 Å². The highest BCUT2D eigenvalue weighted by molar-refractivity contribution is 5.92. The van der Waals surface area contributed by atoms with Crippen LogP contribution in [-0.2, 0) is 62.0 Å². The van der Waals surface area contributed by atoms with Crippen LogP contribution in [0.1, 0.15) is 109 Å². The molecule has 14 atom stereocenters. The minimum absolute atomic E-state index is 0.237. The van der Waals surface area contributed by atoms with Gasteiger partial charge in [-0.2, -0.15) is 0 Å². The van der Waals surface area contributed by atoms with E-state index in [0.29, 0.717) is 12.8 Å². The van der Waals surface area contributed by atoms with Crippen molar-refractivity contribution in [3.8, 4) is 0 Å². The number of ether oxygens (including phenoxy) is 5. The van der Waals surface area contributed by atoms with Gasteiger partial charge in [-0.05, 0) is 50.7 Å². The lowest BCUT2D eigenvalue weighted by molar-refractivity contribution is -0.163. The van der Waals surface area contributed by atoms with E-state index in [0.717, 1.165) is 0 Å². The van der Waals surface area contributed by atoms with Gasteiger partial charge < -0.3 is 28.8 Å². The van der Waals surface area contributed by atoms with E-state index in [2.05, 4.69) is 0 Å². The Balaban J connectivity index is 3.51. The summed E-state index contributed by atoms with van der Waals surface area (Å²) in [4.78, 5) is 101. The Kier molecular flexibility index (Phi) is 25.1. The Morgan fingerprint density at radius 3 is 1.39 bits per heavy atom. The van der Waals surface area contributed by atoms with Crippen LogP contribution in [0.3, 0.4) is 0 Å². The number of carboxylic acids is 1. The van der Waals surface area contributed by atoms with E-state index in [9.17, 15) is 43.5 Å². The maximum Gasteiger partial charge on any atom is 0.331 e. The number of carbonyl (C=O) groups is 8. The number of carboxylic acid groups (broad SMARTS) is 1. The van der Waals surface area contributed by atoms with Gasteiger partial charge in [-0.3, -0.25) is 28.8 Å². The number of hydrogen-bond donors (Lipinski definition) is 1. The molecule has 14 heteroatoms. The summed E-state index contributed by atoms with van der Waals surface area (Å²) in [6.07, 6.45) is 15.0. The van der Waals surface area contributed by atoms with E-state index >= 15 is 0 Å². The molecule has 1 N–H and O–H groups in total. The molecule has 14 nitrogen and oxygen atoms in total. The van der Waals surface area contributed by atoms with Crippen LogP contribution in [0.5, 0.6) is 0 Å². The number of aliphatic carboxylic acids is 1. The molecular weight excluding hydrogens is 825 g/mol. The second-order valence-corrected chi connectivity index (χ2v) is 16.9. The van der Waals surface area contributed by atoms with Gasteiger partial charge in [-0.25, -0.2) is 9.59 Å². The molecule has 0 spiro atoms. The Morgan fingerprint density at radius 2 is 1.02 bits per heavy atom. The van der Waals surface area contributed by atoms with Gasteiger partial charge in [-0.15, -0.1) is 0 Å². The second kappa shape index (κ2) is 28.4. The molecule has 0 aromatic rings. The summed E-state index contributed by atoms with van der Waals surface area (Å²) in [5.74, 6) is -10.0. The summed E-state index contributed by atoms with van der Waals surface area (Å²) in [6, 6.07) is 0. The normalized spacial score (nSPS) is 25.3. The third-order valence-electron chi connectivity index (χ3n) is 11.9. The van der Waals surface area contributed by atoms with E-state index < -0.39 is 108 Å². The van der Waals surface area contributed by atoms with Crippen molar-refractivity contribution in [1.29, 1.82) is 0 Å². The van der Waals surface area contributed by atoms with E-state index in [1.54, 1.807) is 91.8 Å². The van der Waals surface area contributed by atoms with E-state index in [1.807, 2.05) is 13.8 Å². The summed E-state index contributed by atoms with van der Waals surface area (Å²) in [5.41, 5.74) is 0. The first-order chi connectivity index (χ1) is 29.9. The highest BCUT2D eigenvalue weighted by atomic mass is 16.6. The summed E-state index contributed by atoms with van der Waals surface area (Å²) in [5, 5.41) is 9.93. The molecule has 12 unspecified atom stereocenters. The highest BCUT2D eigenvalue weighted by Crippen LogP contribution is 2.34. The Bertz CT molecular complexity index is 1660. The van der Waals surface area contributed by atoms with Gasteiger partial charge in [-0.1, -0.05) is 104 Å². The first-order valence-corrected chi connectivity index (χ1v) is 22.2. The van der Waals surface area contributed by atoms with Crippen molar-refractivity contribution in [2.45, 2.75) is 140 Å². The maximum absolute atomic E-state index is 13.5. The van der Waals surface area contributed by atoms with Crippen LogP contribution < -0.4 is 0 Å². The van der Waals surface area contributed by atoms with Gasteiger partial charge >= 0.3 is 35.8 Å². The average Bonchev–Trinajstić information content (AvgIpc) is 3.21. The number of rotatable bonds is 21. The Hall–Kier alpha value is -5.40. The number of esters is 5. The number of hydrogen-bond acceptors (Lipinski definition) is 13. The molecule has 0 aromatic carbocycles. The fraction of sp³-hybridized carbons (Fsp3) is 0.600. The van der Waals surface area contributed by atoms with Gasteiger partial charge in [0.1, 0.15) is 30.5 Å². The third kappa shape index (κ3) is 19.6. The molecule has 0 bridgehead atoms. The standard InChI is InChI=1S/C50H72O14/c1-14-40(35(9)60-37(11)51)24-26-43(54)31(5)42(28-45(56)57)32(6)48-29(3)20-16-18-23-47(59)64-49(30(4)21-17-19-22-46(58)63-48)34(8)50(62-39(13)53)33(7)44(55)27-25-41(15-2)36(10)61-38(12)52/h16-27,29-36,40-42,48-50H,14-15,28H2,1-13H3,(H,56,57)/b20-16+,21-17+,22-19+,23-18+,26-24+,27-25+/t29?,30?,31?,32?,33?,34?,35?,36?,40-,41-,42?,48?,49?,50?/m0/s1. The molecule has 0 saturated heterocycles. The van der Waals surface area contributed by atoms with Crippen molar-refractivity contribution in [2.24, 2.45) is 53.3 Å². The number of cyclic esters (lactones) is 2. The number of ketones is 2. The van der Waals surface area contributed by atoms with Gasteiger partial charge in [0, 0.05) is 74.9 Å². The van der Waals surface area contributed by atoms with Gasteiger partial charge in [0.2, 0.25) is 0 Å². The van der Waals surface area contributed by atoms with E-state index in [1.165, 1.54) is 57.2 Å². The first kappa shape index (κ1) is 56.6. The van der Waals surface area contributed by atoms with Crippen LogP contribution in [0.15, 0.2) is 72.9 Å². The lowest BCUT2D eigenvalue weighted by atomic mass is 9.74. The quantitative estimate of drug-likeness (QED) is 0.0658. The summed E-state index contributed by atoms with van der Waals surface area (Å²) < 4.78 is 28.3. The molecule has 1 heterocycles. The lowest BCUT2D eigenvalue weighted by Crippen LogP contribution is -2.43. The zero-order chi connectivity index (χ0) is 48.8. The van der Waals surface area contributed by atoms with Crippen molar-refractivity contribution < 1.29 is 67.1 Å². The van der Waals surface area contributed by atoms with E-state index in [4.69, 9.17) is 23.7 Å². The van der Waals surface area contributed by atoms with Crippen LogP contribution in [0, 0.1) is 53.3 Å². The van der Waals surface area contributed by atoms with Crippen LogP contribution in [-0.4, -0.2) is 83.0 Å². The van der Waals surface area contributed by atoms with E-state index in [-0.39, 0.29) is 29.8 Å². The van der Waals surface area contributed by atoms with Crippen LogP contribution >= 0.6 is 0 Å². The van der Waals surface area contributed by atoms with Crippen molar-refractivity contribution in [1.82, 2.24) is 0 Å². The zero-order valence-corrected chi connectivity index (χ0v) is 39.9. The molecule has 0 fully saturated rings. The molecule has 1 rings (SSSR count).